The van der Waals surface area contributed by atoms with Crippen molar-refractivity contribution >= 4 is 0 Å². The number of fused-ring (bicyclic) bond motifs is 1. The Morgan fingerprint density at radius 1 is 1.20 bits per heavy atom. The first kappa shape index (κ1) is 9.22. The second-order valence-electron chi connectivity index (χ2n) is 4.53. The molecule has 0 atom stereocenters. The Morgan fingerprint density at radius 3 is 2.93 bits per heavy atom. The van der Waals surface area contributed by atoms with Crippen LogP contribution in [-0.2, 0) is 13.0 Å². The highest BCUT2D eigenvalue weighted by Crippen LogP contribution is 2.27. The summed E-state index contributed by atoms with van der Waals surface area (Å²) in [5.41, 5.74) is 2.90. The van der Waals surface area contributed by atoms with Gasteiger partial charge in [0, 0.05) is 6.54 Å². The number of hydrogen-bond acceptors (Lipinski definition) is 2. The highest BCUT2D eigenvalue weighted by Gasteiger charge is 2.19. The van der Waals surface area contributed by atoms with E-state index in [4.69, 9.17) is 4.74 Å². The first-order valence-electron chi connectivity index (χ1n) is 5.91. The summed E-state index contributed by atoms with van der Waals surface area (Å²) in [5, 5.41) is 3.39. The zero-order valence-corrected chi connectivity index (χ0v) is 8.96. The minimum atomic E-state index is 0.486. The molecule has 2 heteroatoms. The molecule has 1 N–H and O–H groups in total. The lowest BCUT2D eigenvalue weighted by Crippen LogP contribution is -2.26. The van der Waals surface area contributed by atoms with Gasteiger partial charge in [-0.05, 0) is 55.5 Å². The van der Waals surface area contributed by atoms with Crippen LogP contribution in [0.3, 0.4) is 0 Å². The van der Waals surface area contributed by atoms with Gasteiger partial charge < -0.3 is 10.1 Å². The second kappa shape index (κ2) is 3.86. The van der Waals surface area contributed by atoms with Gasteiger partial charge >= 0.3 is 0 Å². The summed E-state index contributed by atoms with van der Waals surface area (Å²) in [6.45, 7) is 2.10. The standard InChI is InChI=1S/C13H17NO/c1-2-12(3-1)15-13-5-4-10-6-7-14-9-11(10)8-13/h4-5,8,12,14H,1-3,6-7,9H2. The summed E-state index contributed by atoms with van der Waals surface area (Å²) < 4.78 is 5.89. The van der Waals surface area contributed by atoms with Gasteiger partial charge in [-0.15, -0.1) is 0 Å². The molecule has 1 aromatic carbocycles. The third-order valence-electron chi connectivity index (χ3n) is 3.42. The lowest BCUT2D eigenvalue weighted by atomic mass is 9.96. The van der Waals surface area contributed by atoms with Gasteiger partial charge in [-0.2, -0.15) is 0 Å². The third-order valence-corrected chi connectivity index (χ3v) is 3.42. The monoisotopic (exact) mass is 203 g/mol. The maximum Gasteiger partial charge on any atom is 0.120 e. The highest BCUT2D eigenvalue weighted by molar-refractivity contribution is 5.37. The van der Waals surface area contributed by atoms with E-state index in [0.717, 1.165) is 25.3 Å². The largest absolute Gasteiger partial charge is 0.490 e. The van der Waals surface area contributed by atoms with Crippen molar-refractivity contribution in [3.05, 3.63) is 29.3 Å². The van der Waals surface area contributed by atoms with E-state index in [0.29, 0.717) is 6.10 Å². The van der Waals surface area contributed by atoms with Crippen molar-refractivity contribution in [3.63, 3.8) is 0 Å². The minimum absolute atomic E-state index is 0.486. The summed E-state index contributed by atoms with van der Waals surface area (Å²) in [4.78, 5) is 0. The maximum absolute atomic E-state index is 5.89. The summed E-state index contributed by atoms with van der Waals surface area (Å²) in [6.07, 6.45) is 5.43. The molecular formula is C13H17NO. The molecule has 3 rings (SSSR count). The molecule has 0 unspecified atom stereocenters. The lowest BCUT2D eigenvalue weighted by Gasteiger charge is -2.27. The Labute approximate surface area is 90.6 Å². The quantitative estimate of drug-likeness (QED) is 0.796. The zero-order valence-electron chi connectivity index (χ0n) is 8.96. The van der Waals surface area contributed by atoms with Gasteiger partial charge in [0.1, 0.15) is 5.75 Å². The molecule has 1 aliphatic carbocycles. The van der Waals surface area contributed by atoms with Crippen LogP contribution < -0.4 is 10.1 Å². The van der Waals surface area contributed by atoms with E-state index in [-0.39, 0.29) is 0 Å². The fraction of sp³-hybridized carbons (Fsp3) is 0.538. The molecule has 1 fully saturated rings. The number of ether oxygens (including phenoxy) is 1. The predicted octanol–water partition coefficient (Wildman–Crippen LogP) is 2.26. The highest BCUT2D eigenvalue weighted by atomic mass is 16.5. The van der Waals surface area contributed by atoms with E-state index < -0.39 is 0 Å². The molecule has 0 aromatic heterocycles. The molecule has 0 radical (unpaired) electrons. The van der Waals surface area contributed by atoms with Crippen molar-refractivity contribution in [2.24, 2.45) is 0 Å². The molecule has 1 saturated carbocycles. The van der Waals surface area contributed by atoms with Crippen LogP contribution in [0.2, 0.25) is 0 Å². The zero-order chi connectivity index (χ0) is 10.1. The van der Waals surface area contributed by atoms with Crippen LogP contribution in [0.5, 0.6) is 5.75 Å². The van der Waals surface area contributed by atoms with Gasteiger partial charge in [0.05, 0.1) is 6.10 Å². The normalized spacial score (nSPS) is 20.5. The molecule has 80 valence electrons. The molecule has 1 heterocycles. The Balaban J connectivity index is 1.77. The van der Waals surface area contributed by atoms with Crippen molar-refractivity contribution in [2.45, 2.75) is 38.3 Å². The smallest absolute Gasteiger partial charge is 0.120 e. The molecular weight excluding hydrogens is 186 g/mol. The maximum atomic E-state index is 5.89. The van der Waals surface area contributed by atoms with Gasteiger partial charge in [-0.3, -0.25) is 0 Å². The Hall–Kier alpha value is -1.02. The summed E-state index contributed by atoms with van der Waals surface area (Å²) in [5.74, 6) is 1.06. The Kier molecular flexibility index (Phi) is 2.37. The summed E-state index contributed by atoms with van der Waals surface area (Å²) in [7, 11) is 0. The van der Waals surface area contributed by atoms with Crippen molar-refractivity contribution in [1.29, 1.82) is 0 Å². The Bertz CT molecular complexity index is 358. The molecule has 2 nitrogen and oxygen atoms in total. The van der Waals surface area contributed by atoms with Gasteiger partial charge in [0.25, 0.3) is 0 Å². The summed E-state index contributed by atoms with van der Waals surface area (Å²) >= 11 is 0. The minimum Gasteiger partial charge on any atom is -0.490 e. The second-order valence-corrected chi connectivity index (χ2v) is 4.53. The number of hydrogen-bond donors (Lipinski definition) is 1. The van der Waals surface area contributed by atoms with E-state index in [1.165, 1.54) is 30.4 Å². The summed E-state index contributed by atoms with van der Waals surface area (Å²) in [6, 6.07) is 6.56. The SMILES string of the molecule is c1cc2c(cc1OC1CCC1)CNCC2. The average Bonchev–Trinajstić information content (AvgIpc) is 2.23. The molecule has 15 heavy (non-hydrogen) atoms. The van der Waals surface area contributed by atoms with Crippen LogP contribution >= 0.6 is 0 Å². The number of benzene rings is 1. The molecule has 0 amide bonds. The van der Waals surface area contributed by atoms with Gasteiger partial charge in [-0.1, -0.05) is 6.07 Å². The van der Waals surface area contributed by atoms with Crippen LogP contribution in [-0.4, -0.2) is 12.6 Å². The molecule has 0 bridgehead atoms. The molecule has 2 aliphatic rings. The van der Waals surface area contributed by atoms with Crippen LogP contribution in [0.1, 0.15) is 30.4 Å². The van der Waals surface area contributed by atoms with Crippen molar-refractivity contribution in [3.8, 4) is 5.75 Å². The van der Waals surface area contributed by atoms with Crippen LogP contribution in [0.25, 0.3) is 0 Å². The Morgan fingerprint density at radius 2 is 2.13 bits per heavy atom. The van der Waals surface area contributed by atoms with Gasteiger partial charge in [-0.25, -0.2) is 0 Å². The van der Waals surface area contributed by atoms with E-state index >= 15 is 0 Å². The van der Waals surface area contributed by atoms with Crippen LogP contribution in [0, 0.1) is 0 Å². The topological polar surface area (TPSA) is 21.3 Å². The lowest BCUT2D eigenvalue weighted by molar-refractivity contribution is 0.120. The van der Waals surface area contributed by atoms with Crippen molar-refractivity contribution in [2.75, 3.05) is 6.54 Å². The van der Waals surface area contributed by atoms with Gasteiger partial charge in [0.2, 0.25) is 0 Å². The van der Waals surface area contributed by atoms with E-state index in [1.807, 2.05) is 0 Å². The van der Waals surface area contributed by atoms with Crippen molar-refractivity contribution < 1.29 is 4.74 Å². The molecule has 1 aromatic rings. The molecule has 1 aliphatic heterocycles. The fourth-order valence-electron chi connectivity index (χ4n) is 2.21. The van der Waals surface area contributed by atoms with E-state index in [9.17, 15) is 0 Å². The van der Waals surface area contributed by atoms with Gasteiger partial charge in [0.15, 0.2) is 0 Å². The number of nitrogens with one attached hydrogen (secondary N) is 1. The van der Waals surface area contributed by atoms with E-state index in [1.54, 1.807) is 0 Å². The molecule has 0 spiro atoms. The van der Waals surface area contributed by atoms with Crippen LogP contribution in [0.15, 0.2) is 18.2 Å². The van der Waals surface area contributed by atoms with E-state index in [2.05, 4.69) is 23.5 Å². The molecule has 0 saturated heterocycles. The third kappa shape index (κ3) is 1.86. The first-order chi connectivity index (χ1) is 7.42. The predicted molar refractivity (Wildman–Crippen MR) is 60.1 cm³/mol. The number of rotatable bonds is 2. The fourth-order valence-corrected chi connectivity index (χ4v) is 2.21. The van der Waals surface area contributed by atoms with Crippen molar-refractivity contribution in [1.82, 2.24) is 5.32 Å². The van der Waals surface area contributed by atoms with Crippen LogP contribution in [0.4, 0.5) is 0 Å². The first-order valence-corrected chi connectivity index (χ1v) is 5.91. The average molecular weight is 203 g/mol.